The van der Waals surface area contributed by atoms with E-state index in [0.717, 1.165) is 11.6 Å². The molecule has 3 aliphatic rings. The predicted octanol–water partition coefficient (Wildman–Crippen LogP) is 2.46. The van der Waals surface area contributed by atoms with Gasteiger partial charge in [-0.15, -0.1) is 0 Å². The van der Waals surface area contributed by atoms with Gasteiger partial charge in [0.05, 0.1) is 11.2 Å². The third-order valence-electron chi connectivity index (χ3n) is 4.45. The summed E-state index contributed by atoms with van der Waals surface area (Å²) in [7, 11) is 2.15. The molecule has 3 aliphatic heterocycles. The number of hydrogen-bond acceptors (Lipinski definition) is 2. The highest BCUT2D eigenvalue weighted by Gasteiger charge is 2.35. The van der Waals surface area contributed by atoms with Crippen molar-refractivity contribution in [1.82, 2.24) is 4.57 Å². The number of para-hydroxylation sites is 1. The van der Waals surface area contributed by atoms with Crippen LogP contribution in [0.3, 0.4) is 0 Å². The molecule has 1 saturated heterocycles. The van der Waals surface area contributed by atoms with Gasteiger partial charge in [-0.2, -0.15) is 0 Å². The summed E-state index contributed by atoms with van der Waals surface area (Å²) in [6, 6.07) is 6.31. The summed E-state index contributed by atoms with van der Waals surface area (Å²) < 4.78 is 2.30. The molecular weight excluding hydrogens is 210 g/mol. The largest absolute Gasteiger partial charge is 0.397 e. The quantitative estimate of drug-likeness (QED) is 0.701. The summed E-state index contributed by atoms with van der Waals surface area (Å²) in [4.78, 5) is 2.52. The molecule has 1 aromatic carbocycles. The number of anilines is 2. The molecule has 0 saturated carbocycles. The zero-order valence-corrected chi connectivity index (χ0v) is 10.1. The van der Waals surface area contributed by atoms with Crippen LogP contribution >= 0.6 is 0 Å². The third kappa shape index (κ3) is 1.02. The maximum atomic E-state index is 6.14. The average molecular weight is 227 g/mol. The van der Waals surface area contributed by atoms with Gasteiger partial charge in [-0.1, -0.05) is 12.1 Å². The number of piperidine rings is 1. The van der Waals surface area contributed by atoms with Gasteiger partial charge in [0.15, 0.2) is 0 Å². The molecule has 2 bridgehead atoms. The number of rotatable bonds is 0. The van der Waals surface area contributed by atoms with Crippen molar-refractivity contribution in [2.75, 3.05) is 23.7 Å². The minimum absolute atomic E-state index is 0.750. The summed E-state index contributed by atoms with van der Waals surface area (Å²) in [5.41, 5.74) is 9.81. The number of fused-ring (bicyclic) bond motifs is 3. The summed E-state index contributed by atoms with van der Waals surface area (Å²) in [5.74, 6) is 2.17. The van der Waals surface area contributed by atoms with Crippen LogP contribution in [0, 0.1) is 0 Å². The molecule has 4 heterocycles. The Kier molecular flexibility index (Phi) is 1.64. The number of aromatic nitrogens is 1. The lowest BCUT2D eigenvalue weighted by Gasteiger charge is -2.41. The lowest BCUT2D eigenvalue weighted by atomic mass is 9.84. The summed E-state index contributed by atoms with van der Waals surface area (Å²) in [6.07, 6.45) is 2.61. The molecular formula is C14H17N3. The van der Waals surface area contributed by atoms with E-state index >= 15 is 0 Å². The van der Waals surface area contributed by atoms with Gasteiger partial charge in [0.1, 0.15) is 5.82 Å². The zero-order chi connectivity index (χ0) is 11.6. The van der Waals surface area contributed by atoms with Crippen LogP contribution in [0.4, 0.5) is 11.5 Å². The van der Waals surface area contributed by atoms with Crippen molar-refractivity contribution < 1.29 is 0 Å². The van der Waals surface area contributed by atoms with Crippen molar-refractivity contribution >= 4 is 22.4 Å². The number of nitrogens with two attached hydrogens (primary N) is 1. The van der Waals surface area contributed by atoms with Crippen molar-refractivity contribution in [2.24, 2.45) is 7.05 Å². The Hall–Kier alpha value is -1.64. The molecule has 5 rings (SSSR count). The number of aryl methyl sites for hydroxylation is 1. The summed E-state index contributed by atoms with van der Waals surface area (Å²) in [6.45, 7) is 2.42. The van der Waals surface area contributed by atoms with Crippen molar-refractivity contribution in [3.8, 4) is 0 Å². The second-order valence-electron chi connectivity index (χ2n) is 5.30. The zero-order valence-electron chi connectivity index (χ0n) is 10.1. The van der Waals surface area contributed by atoms with Crippen LogP contribution in [0.1, 0.15) is 24.3 Å². The Morgan fingerprint density at radius 1 is 1.24 bits per heavy atom. The standard InChI is InChI=1S/C14H17N3/c1-16-13-10(3-2-4-11(13)15)12-9-5-7-17(8-6-9)14(12)16/h2-4,9H,5-8,15H2,1H3. The summed E-state index contributed by atoms with van der Waals surface area (Å²) in [5, 5.41) is 1.37. The molecule has 1 aromatic heterocycles. The van der Waals surface area contributed by atoms with Gasteiger partial charge in [0.2, 0.25) is 0 Å². The lowest BCUT2D eigenvalue weighted by Crippen LogP contribution is -2.39. The second-order valence-corrected chi connectivity index (χ2v) is 5.30. The smallest absolute Gasteiger partial charge is 0.112 e. The Morgan fingerprint density at radius 2 is 2.00 bits per heavy atom. The minimum atomic E-state index is 0.750. The molecule has 1 fully saturated rings. The van der Waals surface area contributed by atoms with E-state index in [0.29, 0.717) is 0 Å². The maximum absolute atomic E-state index is 6.14. The molecule has 0 radical (unpaired) electrons. The molecule has 0 aliphatic carbocycles. The number of benzene rings is 1. The number of nitrogen functional groups attached to an aromatic ring is 1. The molecule has 2 aromatic rings. The predicted molar refractivity (Wildman–Crippen MR) is 71.5 cm³/mol. The third-order valence-corrected chi connectivity index (χ3v) is 4.45. The molecule has 3 nitrogen and oxygen atoms in total. The van der Waals surface area contributed by atoms with Crippen LogP contribution in [-0.4, -0.2) is 17.7 Å². The molecule has 2 N–H and O–H groups in total. The minimum Gasteiger partial charge on any atom is -0.397 e. The monoisotopic (exact) mass is 227 g/mol. The highest BCUT2D eigenvalue weighted by molar-refractivity contribution is 5.98. The van der Waals surface area contributed by atoms with Gasteiger partial charge in [-0.25, -0.2) is 0 Å². The first kappa shape index (κ1) is 9.40. The molecule has 0 unspecified atom stereocenters. The van der Waals surface area contributed by atoms with E-state index in [9.17, 15) is 0 Å². The van der Waals surface area contributed by atoms with Crippen LogP contribution in [0.25, 0.3) is 10.9 Å². The highest BCUT2D eigenvalue weighted by Crippen LogP contribution is 2.48. The Balaban J connectivity index is 2.17. The first-order chi connectivity index (χ1) is 8.27. The van der Waals surface area contributed by atoms with Gasteiger partial charge >= 0.3 is 0 Å². The lowest BCUT2D eigenvalue weighted by molar-refractivity contribution is 0.469. The molecule has 17 heavy (non-hydrogen) atoms. The molecule has 3 heteroatoms. The summed E-state index contributed by atoms with van der Waals surface area (Å²) >= 11 is 0. The first-order valence-corrected chi connectivity index (χ1v) is 6.39. The van der Waals surface area contributed by atoms with Crippen LogP contribution in [0.2, 0.25) is 0 Å². The van der Waals surface area contributed by atoms with Crippen LogP contribution in [0.15, 0.2) is 18.2 Å². The van der Waals surface area contributed by atoms with Crippen molar-refractivity contribution in [1.29, 1.82) is 0 Å². The fourth-order valence-electron chi connectivity index (χ4n) is 3.73. The van der Waals surface area contributed by atoms with Gasteiger partial charge < -0.3 is 15.2 Å². The fourth-order valence-corrected chi connectivity index (χ4v) is 3.73. The van der Waals surface area contributed by atoms with E-state index in [1.54, 1.807) is 5.56 Å². The maximum Gasteiger partial charge on any atom is 0.112 e. The first-order valence-electron chi connectivity index (χ1n) is 6.39. The fraction of sp³-hybridized carbons (Fsp3) is 0.429. The SMILES string of the molecule is Cn1c2c(c3cccc(N)c31)C1CCN2CC1. The number of nitrogens with zero attached hydrogens (tertiary/aromatic N) is 2. The van der Waals surface area contributed by atoms with Crippen molar-refractivity contribution in [3.63, 3.8) is 0 Å². The van der Waals surface area contributed by atoms with Crippen molar-refractivity contribution in [2.45, 2.75) is 18.8 Å². The van der Waals surface area contributed by atoms with Gasteiger partial charge in [-0.05, 0) is 24.8 Å². The Morgan fingerprint density at radius 3 is 2.76 bits per heavy atom. The van der Waals surface area contributed by atoms with Crippen molar-refractivity contribution in [3.05, 3.63) is 23.8 Å². The van der Waals surface area contributed by atoms with Crippen LogP contribution in [0.5, 0.6) is 0 Å². The van der Waals surface area contributed by atoms with Gasteiger partial charge in [0.25, 0.3) is 0 Å². The molecule has 0 amide bonds. The van der Waals surface area contributed by atoms with Crippen LogP contribution in [-0.2, 0) is 7.05 Å². The number of hydrogen-bond donors (Lipinski definition) is 1. The second kappa shape index (κ2) is 2.97. The van der Waals surface area contributed by atoms with E-state index < -0.39 is 0 Å². The molecule has 88 valence electrons. The topological polar surface area (TPSA) is 34.2 Å². The Bertz CT molecular complexity index is 603. The molecule has 0 spiro atoms. The van der Waals surface area contributed by atoms with E-state index in [2.05, 4.69) is 28.6 Å². The molecule has 0 atom stereocenters. The van der Waals surface area contributed by atoms with E-state index in [4.69, 9.17) is 5.73 Å². The van der Waals surface area contributed by atoms with Gasteiger partial charge in [0, 0.05) is 31.1 Å². The van der Waals surface area contributed by atoms with Crippen LogP contribution < -0.4 is 10.6 Å². The van der Waals surface area contributed by atoms with E-state index in [1.807, 2.05) is 6.07 Å². The van der Waals surface area contributed by atoms with Gasteiger partial charge in [-0.3, -0.25) is 0 Å². The Labute approximate surface area is 101 Å². The normalized spacial score (nSPS) is 19.0. The van der Waals surface area contributed by atoms with E-state index in [1.165, 1.54) is 42.7 Å². The average Bonchev–Trinajstić information content (AvgIpc) is 2.69. The van der Waals surface area contributed by atoms with E-state index in [-0.39, 0.29) is 0 Å². The highest BCUT2D eigenvalue weighted by atomic mass is 15.3.